The van der Waals surface area contributed by atoms with Gasteiger partial charge in [0, 0.05) is 25.2 Å². The average Bonchev–Trinajstić information content (AvgIpc) is 2.31. The molecule has 78 valence electrons. The predicted molar refractivity (Wildman–Crippen MR) is 52.5 cm³/mol. The number of hydrogen-bond acceptors (Lipinski definition) is 3. The van der Waals surface area contributed by atoms with Gasteiger partial charge < -0.3 is 15.6 Å². The second kappa shape index (κ2) is 3.95. The maximum Gasteiger partial charge on any atom is 0.0846 e. The lowest BCUT2D eigenvalue weighted by Crippen LogP contribution is -2.58. The molecule has 0 bridgehead atoms. The van der Waals surface area contributed by atoms with Crippen molar-refractivity contribution >= 4 is 0 Å². The average molecular weight is 187 g/mol. The number of aliphatic hydroxyl groups is 1. The van der Waals surface area contributed by atoms with Crippen LogP contribution >= 0.6 is 0 Å². The van der Waals surface area contributed by atoms with Gasteiger partial charge in [0.15, 0.2) is 0 Å². The van der Waals surface area contributed by atoms with Crippen LogP contribution in [-0.2, 0) is 4.74 Å². The second-order valence-corrected chi connectivity index (χ2v) is 4.27. The van der Waals surface area contributed by atoms with Gasteiger partial charge in [-0.2, -0.15) is 0 Å². The van der Waals surface area contributed by atoms with Crippen LogP contribution in [0.2, 0.25) is 0 Å². The van der Waals surface area contributed by atoms with Crippen LogP contribution in [0.4, 0.5) is 0 Å². The van der Waals surface area contributed by atoms with Crippen molar-refractivity contribution in [3.63, 3.8) is 0 Å². The van der Waals surface area contributed by atoms with Crippen molar-refractivity contribution in [2.45, 2.75) is 50.7 Å². The summed E-state index contributed by atoms with van der Waals surface area (Å²) in [6.07, 6.45) is 3.12. The SMILES string of the molecule is CCC(C)(N)C1(O)CCCOCC1. The van der Waals surface area contributed by atoms with Gasteiger partial charge in [0.25, 0.3) is 0 Å². The quantitative estimate of drug-likeness (QED) is 0.679. The van der Waals surface area contributed by atoms with Crippen LogP contribution in [0.15, 0.2) is 0 Å². The predicted octanol–water partition coefficient (Wildman–Crippen LogP) is 1.05. The lowest BCUT2D eigenvalue weighted by Gasteiger charge is -2.41. The van der Waals surface area contributed by atoms with Gasteiger partial charge in [0.1, 0.15) is 0 Å². The number of hydrogen-bond donors (Lipinski definition) is 2. The summed E-state index contributed by atoms with van der Waals surface area (Å²) >= 11 is 0. The van der Waals surface area contributed by atoms with Crippen LogP contribution in [-0.4, -0.2) is 29.5 Å². The van der Waals surface area contributed by atoms with Crippen molar-refractivity contribution in [3.05, 3.63) is 0 Å². The fourth-order valence-electron chi connectivity index (χ4n) is 1.83. The van der Waals surface area contributed by atoms with Crippen LogP contribution < -0.4 is 5.73 Å². The molecule has 1 saturated heterocycles. The maximum absolute atomic E-state index is 10.4. The molecule has 0 aromatic heterocycles. The summed E-state index contributed by atoms with van der Waals surface area (Å²) in [7, 11) is 0. The molecule has 0 radical (unpaired) electrons. The Kier molecular flexibility index (Phi) is 3.33. The molecule has 0 aliphatic carbocycles. The molecule has 3 heteroatoms. The molecule has 2 unspecified atom stereocenters. The van der Waals surface area contributed by atoms with Gasteiger partial charge in [0.05, 0.1) is 5.60 Å². The smallest absolute Gasteiger partial charge is 0.0846 e. The molecular weight excluding hydrogens is 166 g/mol. The van der Waals surface area contributed by atoms with E-state index in [0.717, 1.165) is 25.9 Å². The monoisotopic (exact) mass is 187 g/mol. The molecular formula is C10H21NO2. The van der Waals surface area contributed by atoms with E-state index < -0.39 is 11.1 Å². The molecule has 2 atom stereocenters. The van der Waals surface area contributed by atoms with Crippen molar-refractivity contribution in [2.75, 3.05) is 13.2 Å². The largest absolute Gasteiger partial charge is 0.388 e. The third-order valence-electron chi connectivity index (χ3n) is 3.34. The van der Waals surface area contributed by atoms with Crippen molar-refractivity contribution in [2.24, 2.45) is 5.73 Å². The molecule has 3 N–H and O–H groups in total. The van der Waals surface area contributed by atoms with E-state index in [-0.39, 0.29) is 0 Å². The van der Waals surface area contributed by atoms with E-state index in [0.29, 0.717) is 13.0 Å². The number of nitrogens with two attached hydrogens (primary N) is 1. The minimum absolute atomic E-state index is 0.485. The Labute approximate surface area is 80.3 Å². The summed E-state index contributed by atoms with van der Waals surface area (Å²) in [5, 5.41) is 10.4. The lowest BCUT2D eigenvalue weighted by molar-refractivity contribution is -0.0459. The third kappa shape index (κ3) is 2.22. The Morgan fingerprint density at radius 3 is 2.77 bits per heavy atom. The highest BCUT2D eigenvalue weighted by molar-refractivity contribution is 5.00. The fraction of sp³-hybridized carbons (Fsp3) is 1.00. The van der Waals surface area contributed by atoms with E-state index in [9.17, 15) is 5.11 Å². The van der Waals surface area contributed by atoms with Crippen LogP contribution in [0.3, 0.4) is 0 Å². The molecule has 1 fully saturated rings. The molecule has 0 spiro atoms. The van der Waals surface area contributed by atoms with E-state index in [1.165, 1.54) is 0 Å². The van der Waals surface area contributed by atoms with Crippen molar-refractivity contribution in [1.82, 2.24) is 0 Å². The van der Waals surface area contributed by atoms with Gasteiger partial charge in [-0.05, 0) is 26.2 Å². The van der Waals surface area contributed by atoms with Gasteiger partial charge >= 0.3 is 0 Å². The van der Waals surface area contributed by atoms with E-state index in [1.807, 2.05) is 13.8 Å². The molecule has 13 heavy (non-hydrogen) atoms. The first-order valence-electron chi connectivity index (χ1n) is 5.11. The van der Waals surface area contributed by atoms with E-state index >= 15 is 0 Å². The molecule has 1 rings (SSSR count). The topological polar surface area (TPSA) is 55.5 Å². The Balaban J connectivity index is 2.71. The van der Waals surface area contributed by atoms with E-state index in [4.69, 9.17) is 10.5 Å². The highest BCUT2D eigenvalue weighted by Gasteiger charge is 2.42. The summed E-state index contributed by atoms with van der Waals surface area (Å²) in [6, 6.07) is 0. The number of rotatable bonds is 2. The zero-order valence-electron chi connectivity index (χ0n) is 8.68. The zero-order chi connectivity index (χ0) is 9.95. The normalized spacial score (nSPS) is 35.1. The van der Waals surface area contributed by atoms with Crippen LogP contribution in [0.25, 0.3) is 0 Å². The Hall–Kier alpha value is -0.120. The summed E-state index contributed by atoms with van der Waals surface area (Å²) in [5.41, 5.74) is 4.87. The lowest BCUT2D eigenvalue weighted by atomic mass is 9.75. The molecule has 0 aromatic carbocycles. The Bertz CT molecular complexity index is 160. The highest BCUT2D eigenvalue weighted by atomic mass is 16.5. The van der Waals surface area contributed by atoms with Crippen molar-refractivity contribution in [1.29, 1.82) is 0 Å². The molecule has 0 amide bonds. The molecule has 3 nitrogen and oxygen atoms in total. The molecule has 0 aromatic rings. The zero-order valence-corrected chi connectivity index (χ0v) is 8.68. The highest BCUT2D eigenvalue weighted by Crippen LogP contribution is 2.32. The Morgan fingerprint density at radius 2 is 2.15 bits per heavy atom. The van der Waals surface area contributed by atoms with Crippen molar-refractivity contribution in [3.8, 4) is 0 Å². The summed E-state index contributed by atoms with van der Waals surface area (Å²) in [6.45, 7) is 5.33. The molecule has 1 aliphatic heterocycles. The second-order valence-electron chi connectivity index (χ2n) is 4.27. The minimum atomic E-state index is -0.738. The van der Waals surface area contributed by atoms with Gasteiger partial charge in [-0.15, -0.1) is 0 Å². The Morgan fingerprint density at radius 1 is 1.46 bits per heavy atom. The molecule has 0 saturated carbocycles. The molecule has 1 heterocycles. The first kappa shape index (κ1) is 11.0. The van der Waals surface area contributed by atoms with E-state index in [1.54, 1.807) is 0 Å². The third-order valence-corrected chi connectivity index (χ3v) is 3.34. The molecule has 1 aliphatic rings. The minimum Gasteiger partial charge on any atom is -0.388 e. The van der Waals surface area contributed by atoms with Crippen molar-refractivity contribution < 1.29 is 9.84 Å². The first-order valence-corrected chi connectivity index (χ1v) is 5.11. The van der Waals surface area contributed by atoms with Gasteiger partial charge in [-0.25, -0.2) is 0 Å². The van der Waals surface area contributed by atoms with Crippen LogP contribution in [0.5, 0.6) is 0 Å². The van der Waals surface area contributed by atoms with Gasteiger partial charge in [0.2, 0.25) is 0 Å². The summed E-state index contributed by atoms with van der Waals surface area (Å²) in [5.74, 6) is 0. The first-order chi connectivity index (χ1) is 6.02. The van der Waals surface area contributed by atoms with Crippen LogP contribution in [0.1, 0.15) is 39.5 Å². The van der Waals surface area contributed by atoms with Gasteiger partial charge in [-0.3, -0.25) is 0 Å². The maximum atomic E-state index is 10.4. The standard InChI is InChI=1S/C10H21NO2/c1-3-9(2,11)10(12)5-4-7-13-8-6-10/h12H,3-8,11H2,1-2H3. The van der Waals surface area contributed by atoms with Gasteiger partial charge in [-0.1, -0.05) is 6.92 Å². The van der Waals surface area contributed by atoms with E-state index in [2.05, 4.69) is 0 Å². The summed E-state index contributed by atoms with van der Waals surface area (Å²) < 4.78 is 5.31. The summed E-state index contributed by atoms with van der Waals surface area (Å²) in [4.78, 5) is 0. The number of ether oxygens (including phenoxy) is 1. The fourth-order valence-corrected chi connectivity index (χ4v) is 1.83. The van der Waals surface area contributed by atoms with Crippen LogP contribution in [0, 0.1) is 0 Å².